The summed E-state index contributed by atoms with van der Waals surface area (Å²) in [5, 5.41) is 13.8. The molecule has 0 spiro atoms. The Balaban J connectivity index is 2.25. The number of likely N-dealkylation sites (N-methyl/N-ethyl adjacent to an activating group) is 1. The van der Waals surface area contributed by atoms with Crippen LogP contribution in [-0.2, 0) is 4.79 Å². The first-order chi connectivity index (χ1) is 14.9. The monoisotopic (exact) mass is 484 g/mol. The number of anilines is 1. The standard InChI is InChI=1S/C20H16ClF3N4O3S/c1-9-17(19(29)26(2)3)18(11-7-16(28(30)31)15(24)8-14(11)23)25-20(32)27(9)10-4-5-13(22)12(21)6-10/h4-8,18H,1-3H3,(H,25,32). The van der Waals surface area contributed by atoms with Gasteiger partial charge in [-0.2, -0.15) is 4.39 Å². The van der Waals surface area contributed by atoms with Crippen LogP contribution in [0.2, 0.25) is 5.02 Å². The number of rotatable bonds is 4. The van der Waals surface area contributed by atoms with Gasteiger partial charge >= 0.3 is 5.69 Å². The second kappa shape index (κ2) is 8.75. The SMILES string of the molecule is CC1=C(C(=O)N(C)C)C(c2cc([N+](=O)[O-])c(F)cc2F)NC(=S)N1c1ccc(F)c(Cl)c1. The summed E-state index contributed by atoms with van der Waals surface area (Å²) in [4.78, 5) is 25.9. The molecule has 0 saturated carbocycles. The summed E-state index contributed by atoms with van der Waals surface area (Å²) in [6.45, 7) is 1.53. The summed E-state index contributed by atoms with van der Waals surface area (Å²) in [6, 6.07) is 3.68. The maximum atomic E-state index is 14.7. The van der Waals surface area contributed by atoms with Gasteiger partial charge in [0.1, 0.15) is 11.6 Å². The van der Waals surface area contributed by atoms with E-state index in [0.717, 1.165) is 12.1 Å². The third-order valence-corrected chi connectivity index (χ3v) is 5.45. The summed E-state index contributed by atoms with van der Waals surface area (Å²) >= 11 is 11.3. The Kier molecular flexibility index (Phi) is 6.42. The fourth-order valence-electron chi connectivity index (χ4n) is 3.34. The minimum Gasteiger partial charge on any atom is -0.351 e. The maximum Gasteiger partial charge on any atom is 0.305 e. The van der Waals surface area contributed by atoms with Crippen LogP contribution in [0.4, 0.5) is 24.5 Å². The van der Waals surface area contributed by atoms with Gasteiger partial charge in [0.05, 0.1) is 21.6 Å². The van der Waals surface area contributed by atoms with Crippen molar-refractivity contribution in [1.82, 2.24) is 10.2 Å². The van der Waals surface area contributed by atoms with Crippen molar-refractivity contribution >= 4 is 46.2 Å². The molecule has 0 bridgehead atoms. The van der Waals surface area contributed by atoms with Gasteiger partial charge in [-0.1, -0.05) is 11.6 Å². The molecule has 3 rings (SSSR count). The molecule has 0 aromatic heterocycles. The molecule has 0 radical (unpaired) electrons. The van der Waals surface area contributed by atoms with Gasteiger partial charge in [0.2, 0.25) is 5.82 Å². The van der Waals surface area contributed by atoms with Crippen molar-refractivity contribution in [1.29, 1.82) is 0 Å². The highest BCUT2D eigenvalue weighted by atomic mass is 35.5. The van der Waals surface area contributed by atoms with Gasteiger partial charge < -0.3 is 10.2 Å². The number of benzene rings is 2. The molecule has 0 fully saturated rings. The average Bonchev–Trinajstić information content (AvgIpc) is 2.69. The van der Waals surface area contributed by atoms with Gasteiger partial charge in [0, 0.05) is 43.2 Å². The van der Waals surface area contributed by atoms with Gasteiger partial charge in [-0.05, 0) is 37.3 Å². The van der Waals surface area contributed by atoms with Crippen LogP contribution in [0.5, 0.6) is 0 Å². The van der Waals surface area contributed by atoms with Crippen molar-refractivity contribution in [2.75, 3.05) is 19.0 Å². The second-order valence-corrected chi connectivity index (χ2v) is 7.89. The second-order valence-electron chi connectivity index (χ2n) is 7.10. The average molecular weight is 485 g/mol. The zero-order valence-electron chi connectivity index (χ0n) is 17.0. The van der Waals surface area contributed by atoms with Crippen molar-refractivity contribution in [3.63, 3.8) is 0 Å². The Hall–Kier alpha value is -3.18. The lowest BCUT2D eigenvalue weighted by atomic mass is 9.93. The molecule has 1 unspecified atom stereocenters. The molecule has 0 aliphatic carbocycles. The van der Waals surface area contributed by atoms with Gasteiger partial charge in [-0.15, -0.1) is 0 Å². The predicted molar refractivity (Wildman–Crippen MR) is 117 cm³/mol. The van der Waals surface area contributed by atoms with E-state index in [1.165, 1.54) is 43.0 Å². The molecule has 12 heteroatoms. The van der Waals surface area contributed by atoms with Crippen molar-refractivity contribution in [3.8, 4) is 0 Å². The normalized spacial score (nSPS) is 16.2. The number of carbonyl (C=O) groups excluding carboxylic acids is 1. The third-order valence-electron chi connectivity index (χ3n) is 4.86. The number of nitrogens with zero attached hydrogens (tertiary/aromatic N) is 3. The molecular weight excluding hydrogens is 469 g/mol. The zero-order valence-corrected chi connectivity index (χ0v) is 18.5. The van der Waals surface area contributed by atoms with E-state index in [0.29, 0.717) is 11.8 Å². The van der Waals surface area contributed by atoms with Crippen LogP contribution >= 0.6 is 23.8 Å². The fraction of sp³-hybridized carbons (Fsp3) is 0.200. The van der Waals surface area contributed by atoms with Gasteiger partial charge in [0.25, 0.3) is 5.91 Å². The Morgan fingerprint density at radius 2 is 1.84 bits per heavy atom. The molecule has 1 atom stereocenters. The van der Waals surface area contributed by atoms with Crippen molar-refractivity contribution in [2.45, 2.75) is 13.0 Å². The lowest BCUT2D eigenvalue weighted by molar-refractivity contribution is -0.387. The molecule has 0 saturated heterocycles. The minimum atomic E-state index is -1.35. The molecule has 1 N–H and O–H groups in total. The summed E-state index contributed by atoms with van der Waals surface area (Å²) < 4.78 is 42.2. The van der Waals surface area contributed by atoms with E-state index in [9.17, 15) is 28.1 Å². The molecule has 7 nitrogen and oxygen atoms in total. The molecule has 1 amide bonds. The Bertz CT molecular complexity index is 1190. The molecule has 1 heterocycles. The number of hydrogen-bond donors (Lipinski definition) is 1. The van der Waals surface area contributed by atoms with Crippen LogP contribution in [0.15, 0.2) is 41.6 Å². The first-order valence-corrected chi connectivity index (χ1v) is 9.84. The summed E-state index contributed by atoms with van der Waals surface area (Å²) in [6.07, 6.45) is 0. The van der Waals surface area contributed by atoms with Crippen LogP contribution in [0, 0.1) is 27.6 Å². The minimum absolute atomic E-state index is 0.00291. The van der Waals surface area contributed by atoms with Crippen molar-refractivity contribution in [2.24, 2.45) is 0 Å². The number of carbonyl (C=O) groups is 1. The molecular formula is C20H16ClF3N4O3S. The summed E-state index contributed by atoms with van der Waals surface area (Å²) in [5.74, 6) is -3.65. The van der Waals surface area contributed by atoms with Crippen LogP contribution in [0.1, 0.15) is 18.5 Å². The largest absolute Gasteiger partial charge is 0.351 e. The van der Waals surface area contributed by atoms with E-state index < -0.39 is 40.0 Å². The quantitative estimate of drug-likeness (QED) is 0.392. The molecule has 2 aromatic carbocycles. The van der Waals surface area contributed by atoms with E-state index >= 15 is 0 Å². The number of nitrogens with one attached hydrogen (secondary N) is 1. The van der Waals surface area contributed by atoms with E-state index in [1.54, 1.807) is 0 Å². The Labute approximate surface area is 191 Å². The van der Waals surface area contributed by atoms with E-state index in [1.807, 2.05) is 0 Å². The van der Waals surface area contributed by atoms with Crippen LogP contribution in [0.25, 0.3) is 0 Å². The van der Waals surface area contributed by atoms with E-state index in [2.05, 4.69) is 5.32 Å². The first kappa shape index (κ1) is 23.5. The zero-order chi connectivity index (χ0) is 23.9. The number of hydrogen-bond acceptors (Lipinski definition) is 4. The Morgan fingerprint density at radius 1 is 1.19 bits per heavy atom. The molecule has 168 valence electrons. The maximum absolute atomic E-state index is 14.7. The predicted octanol–water partition coefficient (Wildman–Crippen LogP) is 4.46. The number of halogens is 4. The first-order valence-electron chi connectivity index (χ1n) is 9.05. The molecule has 32 heavy (non-hydrogen) atoms. The highest BCUT2D eigenvalue weighted by molar-refractivity contribution is 7.80. The van der Waals surface area contributed by atoms with Gasteiger partial charge in [0.15, 0.2) is 5.11 Å². The third kappa shape index (κ3) is 4.13. The van der Waals surface area contributed by atoms with E-state index in [-0.39, 0.29) is 27.0 Å². The highest BCUT2D eigenvalue weighted by Gasteiger charge is 2.38. The van der Waals surface area contributed by atoms with Crippen LogP contribution in [0.3, 0.4) is 0 Å². The van der Waals surface area contributed by atoms with Crippen molar-refractivity contribution in [3.05, 3.63) is 79.8 Å². The number of amides is 1. The lowest BCUT2D eigenvalue weighted by Gasteiger charge is -2.38. The number of allylic oxidation sites excluding steroid dienone is 1. The molecule has 1 aliphatic heterocycles. The summed E-state index contributed by atoms with van der Waals surface area (Å²) in [5.41, 5.74) is -0.687. The van der Waals surface area contributed by atoms with Gasteiger partial charge in [-0.25, -0.2) is 8.78 Å². The number of nitro groups is 1. The number of thiocarbonyl (C=S) groups is 1. The van der Waals surface area contributed by atoms with Crippen LogP contribution < -0.4 is 10.2 Å². The lowest BCUT2D eigenvalue weighted by Crippen LogP contribution is -2.49. The van der Waals surface area contributed by atoms with Crippen molar-refractivity contribution < 1.29 is 22.9 Å². The number of nitro benzene ring substituents is 1. The fourth-order valence-corrected chi connectivity index (χ4v) is 3.88. The molecule has 1 aliphatic rings. The van der Waals surface area contributed by atoms with E-state index in [4.69, 9.17) is 23.8 Å². The van der Waals surface area contributed by atoms with Gasteiger partial charge in [-0.3, -0.25) is 19.8 Å². The summed E-state index contributed by atoms with van der Waals surface area (Å²) in [7, 11) is 2.93. The highest BCUT2D eigenvalue weighted by Crippen LogP contribution is 2.37. The Morgan fingerprint density at radius 3 is 2.41 bits per heavy atom. The smallest absolute Gasteiger partial charge is 0.305 e. The topological polar surface area (TPSA) is 78.7 Å². The molecule has 2 aromatic rings. The van der Waals surface area contributed by atoms with Crippen LogP contribution in [-0.4, -0.2) is 34.9 Å².